The monoisotopic (exact) mass is 695 g/mol. The average Bonchev–Trinajstić information content (AvgIpc) is 3.66. The van der Waals surface area contributed by atoms with Gasteiger partial charge in [-0.2, -0.15) is 0 Å². The number of H-pyrrole nitrogens is 1. The first kappa shape index (κ1) is 36.4. The summed E-state index contributed by atoms with van der Waals surface area (Å²) in [6.45, 7) is 4.02. The molecule has 0 fully saturated rings. The maximum atomic E-state index is 14.0. The number of hydrogen-bond donors (Lipinski definition) is 7. The van der Waals surface area contributed by atoms with Crippen LogP contribution >= 0.6 is 0 Å². The predicted octanol–water partition coefficient (Wildman–Crippen LogP) is 3.77. The molecule has 0 saturated carbocycles. The second-order valence-corrected chi connectivity index (χ2v) is 13.1. The number of fused-ring (bicyclic) bond motifs is 4. The first-order valence-electron chi connectivity index (χ1n) is 17.1. The molecule has 268 valence electrons. The molecular weight excluding hydrogens is 650 g/mol. The first-order chi connectivity index (χ1) is 24.5. The number of ether oxygens (including phenoxy) is 1. The topological polar surface area (TPSA) is 214 Å². The summed E-state index contributed by atoms with van der Waals surface area (Å²) in [6.07, 6.45) is 1.71. The van der Waals surface area contributed by atoms with E-state index in [2.05, 4.69) is 25.9 Å². The number of para-hydroxylation sites is 1. The molecule has 0 spiro atoms. The minimum Gasteiger partial charge on any atom is -0.480 e. The molecule has 0 unspecified atom stereocenters. The van der Waals surface area contributed by atoms with Crippen molar-refractivity contribution in [1.29, 1.82) is 0 Å². The Kier molecular flexibility index (Phi) is 11.9. The van der Waals surface area contributed by atoms with E-state index in [1.165, 1.54) is 0 Å². The summed E-state index contributed by atoms with van der Waals surface area (Å²) in [6, 6.07) is 20.2. The molecule has 1 heterocycles. The molecule has 3 amide bonds. The minimum atomic E-state index is -1.23. The molecule has 13 heteroatoms. The summed E-state index contributed by atoms with van der Waals surface area (Å²) < 4.78 is 5.78. The zero-order valence-corrected chi connectivity index (χ0v) is 28.7. The Bertz CT molecular complexity index is 1850. The number of guanidine groups is 1. The lowest BCUT2D eigenvalue weighted by Crippen LogP contribution is -2.56. The van der Waals surface area contributed by atoms with Gasteiger partial charge in [0.15, 0.2) is 5.96 Å². The van der Waals surface area contributed by atoms with Crippen molar-refractivity contribution in [3.63, 3.8) is 0 Å². The highest BCUT2D eigenvalue weighted by Gasteiger charge is 2.32. The Morgan fingerprint density at radius 2 is 1.45 bits per heavy atom. The Labute approximate surface area is 296 Å². The number of carboxylic acid groups (broad SMARTS) is 1. The third kappa shape index (κ3) is 9.24. The van der Waals surface area contributed by atoms with E-state index in [1.54, 1.807) is 6.20 Å². The van der Waals surface area contributed by atoms with E-state index in [9.17, 15) is 24.3 Å². The van der Waals surface area contributed by atoms with Crippen molar-refractivity contribution in [1.82, 2.24) is 20.9 Å². The molecule has 51 heavy (non-hydrogen) atoms. The molecule has 3 aromatic carbocycles. The van der Waals surface area contributed by atoms with E-state index in [0.717, 1.165) is 38.7 Å². The maximum absolute atomic E-state index is 14.0. The lowest BCUT2D eigenvalue weighted by molar-refractivity contribution is -0.142. The van der Waals surface area contributed by atoms with Crippen LogP contribution in [0.2, 0.25) is 0 Å². The highest BCUT2D eigenvalue weighted by molar-refractivity contribution is 5.93. The number of nitrogens with one attached hydrogen (secondary N) is 4. The summed E-state index contributed by atoms with van der Waals surface area (Å²) in [7, 11) is 0. The zero-order valence-electron chi connectivity index (χ0n) is 28.7. The van der Waals surface area contributed by atoms with Gasteiger partial charge in [0.1, 0.15) is 24.7 Å². The molecule has 9 N–H and O–H groups in total. The number of carboxylic acids is 1. The number of nitrogens with two attached hydrogens (primary N) is 2. The van der Waals surface area contributed by atoms with Crippen LogP contribution in [0.3, 0.4) is 0 Å². The molecule has 1 aromatic heterocycles. The number of benzene rings is 3. The molecule has 13 nitrogen and oxygen atoms in total. The molecule has 0 aliphatic heterocycles. The standard InChI is InChI=1S/C38H45N7O6/c1-22(2)18-32(34(46)43-31(36(48)49)16-9-17-41-37(39)40)44-35(47)33(19-23-20-42-30-15-8-7-10-24(23)30)45-38(50)51-21-29-27-13-5-3-11-25(27)26-12-4-6-14-28(26)29/h3-8,10-15,20,22,29,31-33,42H,9,16-19,21H2,1-2H3,(H,43,46)(H,44,47)(H,45,50)(H,48,49)(H4,39,40,41)/t31-,32-,33+/m0/s1. The third-order valence-corrected chi connectivity index (χ3v) is 8.95. The van der Waals surface area contributed by atoms with Crippen LogP contribution in [0.25, 0.3) is 22.0 Å². The normalized spacial score (nSPS) is 13.8. The van der Waals surface area contributed by atoms with Gasteiger partial charge in [-0.05, 0) is 59.1 Å². The van der Waals surface area contributed by atoms with Crippen molar-refractivity contribution < 1.29 is 29.0 Å². The molecule has 0 bridgehead atoms. The zero-order chi connectivity index (χ0) is 36.5. The van der Waals surface area contributed by atoms with Crippen LogP contribution < -0.4 is 27.4 Å². The quantitative estimate of drug-likeness (QED) is 0.0519. The van der Waals surface area contributed by atoms with Gasteiger partial charge in [0, 0.05) is 36.0 Å². The Morgan fingerprint density at radius 3 is 2.10 bits per heavy atom. The van der Waals surface area contributed by atoms with Crippen molar-refractivity contribution in [2.75, 3.05) is 13.2 Å². The largest absolute Gasteiger partial charge is 0.480 e. The predicted molar refractivity (Wildman–Crippen MR) is 195 cm³/mol. The Balaban J connectivity index is 1.32. The molecule has 3 atom stereocenters. The number of hydrogen-bond acceptors (Lipinski definition) is 6. The van der Waals surface area contributed by atoms with Crippen LogP contribution in [0.1, 0.15) is 55.7 Å². The number of alkyl carbamates (subject to hydrolysis) is 1. The van der Waals surface area contributed by atoms with Gasteiger partial charge in [-0.25, -0.2) is 9.59 Å². The SMILES string of the molecule is CC(C)C[C@H](NC(=O)[C@@H](Cc1c[nH]c2ccccc12)NC(=O)OCC1c2ccccc2-c2ccccc21)C(=O)N[C@@H](CCCN=C(N)N)C(=O)O. The molecule has 1 aliphatic rings. The molecule has 1 aliphatic carbocycles. The number of amides is 3. The summed E-state index contributed by atoms with van der Waals surface area (Å²) >= 11 is 0. The van der Waals surface area contributed by atoms with Crippen molar-refractivity contribution in [2.45, 2.75) is 63.6 Å². The Hall–Kier alpha value is -5.85. The number of aliphatic carboxylic acids is 1. The lowest BCUT2D eigenvalue weighted by Gasteiger charge is -2.25. The van der Waals surface area contributed by atoms with Gasteiger partial charge in [0.2, 0.25) is 11.8 Å². The van der Waals surface area contributed by atoms with Gasteiger partial charge in [-0.3, -0.25) is 14.6 Å². The van der Waals surface area contributed by atoms with Gasteiger partial charge in [-0.1, -0.05) is 80.6 Å². The van der Waals surface area contributed by atoms with Crippen LogP contribution in [0.4, 0.5) is 4.79 Å². The number of nitrogens with zero attached hydrogens (tertiary/aromatic N) is 1. The number of aliphatic imine (C=N–C) groups is 1. The van der Waals surface area contributed by atoms with Crippen molar-refractivity contribution in [3.05, 3.63) is 95.7 Å². The smallest absolute Gasteiger partial charge is 0.407 e. The second kappa shape index (κ2) is 16.7. The molecule has 4 aromatic rings. The third-order valence-electron chi connectivity index (χ3n) is 8.95. The highest BCUT2D eigenvalue weighted by atomic mass is 16.5. The van der Waals surface area contributed by atoms with Gasteiger partial charge in [0.05, 0.1) is 0 Å². The van der Waals surface area contributed by atoms with E-state index < -0.39 is 42.0 Å². The fraction of sp³-hybridized carbons (Fsp3) is 0.342. The number of carbonyl (C=O) groups is 4. The van der Waals surface area contributed by atoms with Gasteiger partial charge < -0.3 is 42.2 Å². The van der Waals surface area contributed by atoms with Crippen molar-refractivity contribution in [2.24, 2.45) is 22.4 Å². The molecule has 5 rings (SSSR count). The van der Waals surface area contributed by atoms with Gasteiger partial charge in [0.25, 0.3) is 0 Å². The van der Waals surface area contributed by atoms with E-state index >= 15 is 0 Å². The summed E-state index contributed by atoms with van der Waals surface area (Å²) in [4.78, 5) is 59.9. The van der Waals surface area contributed by atoms with E-state index in [0.29, 0.717) is 6.42 Å². The van der Waals surface area contributed by atoms with Crippen molar-refractivity contribution >= 4 is 40.7 Å². The lowest BCUT2D eigenvalue weighted by atomic mass is 9.98. The summed E-state index contributed by atoms with van der Waals surface area (Å²) in [5.74, 6) is -2.82. The van der Waals surface area contributed by atoms with Crippen LogP contribution in [0, 0.1) is 5.92 Å². The maximum Gasteiger partial charge on any atom is 0.407 e. The van der Waals surface area contributed by atoms with Crippen LogP contribution in [-0.2, 0) is 25.5 Å². The Morgan fingerprint density at radius 1 is 0.843 bits per heavy atom. The van der Waals surface area contributed by atoms with Gasteiger partial charge in [-0.15, -0.1) is 0 Å². The van der Waals surface area contributed by atoms with Crippen LogP contribution in [0.15, 0.2) is 84.0 Å². The number of rotatable bonds is 16. The fourth-order valence-electron chi connectivity index (χ4n) is 6.52. The van der Waals surface area contributed by atoms with Crippen molar-refractivity contribution in [3.8, 4) is 11.1 Å². The molecular formula is C38H45N7O6. The number of aromatic nitrogens is 1. The molecule has 0 saturated heterocycles. The average molecular weight is 696 g/mol. The fourth-order valence-corrected chi connectivity index (χ4v) is 6.52. The number of carbonyl (C=O) groups excluding carboxylic acids is 3. The summed E-state index contributed by atoms with van der Waals surface area (Å²) in [5.41, 5.74) is 16.6. The van der Waals surface area contributed by atoms with E-state index in [-0.39, 0.29) is 50.2 Å². The number of aromatic amines is 1. The van der Waals surface area contributed by atoms with Gasteiger partial charge >= 0.3 is 12.1 Å². The van der Waals surface area contributed by atoms with Crippen LogP contribution in [-0.4, -0.2) is 71.2 Å². The highest BCUT2D eigenvalue weighted by Crippen LogP contribution is 2.44. The summed E-state index contributed by atoms with van der Waals surface area (Å²) in [5, 5.41) is 18.7. The minimum absolute atomic E-state index is 0.0339. The first-order valence-corrected chi connectivity index (χ1v) is 17.1. The molecule has 0 radical (unpaired) electrons. The van der Waals surface area contributed by atoms with E-state index in [1.807, 2.05) is 86.6 Å². The van der Waals surface area contributed by atoms with Crippen LogP contribution in [0.5, 0.6) is 0 Å². The van der Waals surface area contributed by atoms with E-state index in [4.69, 9.17) is 16.2 Å². The second-order valence-electron chi connectivity index (χ2n) is 13.1.